The Morgan fingerprint density at radius 2 is 2.16 bits per heavy atom. The quantitative estimate of drug-likeness (QED) is 0.882. The number of halogens is 1. The lowest BCUT2D eigenvalue weighted by molar-refractivity contribution is 0.00222. The van der Waals surface area contributed by atoms with Gasteiger partial charge in [0.05, 0.1) is 10.1 Å². The molecule has 0 saturated heterocycles. The molecule has 1 aromatic rings. The first-order valence-electron chi connectivity index (χ1n) is 7.11. The number of hydrogen-bond acceptors (Lipinski definition) is 3. The first-order valence-corrected chi connectivity index (χ1v) is 7.91. The molecular formula is C15H23BrN2O. The zero-order chi connectivity index (χ0) is 13.9. The Bertz CT molecular complexity index is 428. The lowest BCUT2D eigenvalue weighted by Crippen LogP contribution is -2.40. The van der Waals surface area contributed by atoms with Gasteiger partial charge in [0.15, 0.2) is 0 Å². The van der Waals surface area contributed by atoms with Gasteiger partial charge in [0.1, 0.15) is 5.82 Å². The van der Waals surface area contributed by atoms with E-state index in [1.54, 1.807) is 6.20 Å². The summed E-state index contributed by atoms with van der Waals surface area (Å²) >= 11 is 3.54. The van der Waals surface area contributed by atoms with Crippen molar-refractivity contribution in [3.8, 4) is 0 Å². The number of nitrogens with one attached hydrogen (secondary N) is 1. The second-order valence-corrected chi connectivity index (χ2v) is 6.51. The average Bonchev–Trinajstić information content (AvgIpc) is 2.41. The van der Waals surface area contributed by atoms with Crippen molar-refractivity contribution in [1.29, 1.82) is 0 Å². The maximum atomic E-state index is 10.6. The highest BCUT2D eigenvalue weighted by atomic mass is 79.9. The number of aryl methyl sites for hydroxylation is 1. The lowest BCUT2D eigenvalue weighted by atomic mass is 9.78. The Balaban J connectivity index is 1.93. The molecule has 1 aromatic heterocycles. The molecule has 2 rings (SSSR count). The minimum absolute atomic E-state index is 0.573. The zero-order valence-electron chi connectivity index (χ0n) is 11.7. The molecular weight excluding hydrogens is 304 g/mol. The second-order valence-electron chi connectivity index (χ2n) is 5.72. The standard InChI is InChI=1S/C15H23BrN2O/c1-3-12-4-7-15(19,8-5-12)10-18-14-13(16)11(2)6-9-17-14/h6,9,12,19H,3-5,7-8,10H2,1-2H3,(H,17,18). The average molecular weight is 327 g/mol. The van der Waals surface area contributed by atoms with Crippen LogP contribution in [0.4, 0.5) is 5.82 Å². The second kappa shape index (κ2) is 6.23. The van der Waals surface area contributed by atoms with Gasteiger partial charge in [-0.25, -0.2) is 4.98 Å². The van der Waals surface area contributed by atoms with Crippen LogP contribution in [-0.2, 0) is 0 Å². The van der Waals surface area contributed by atoms with E-state index < -0.39 is 5.60 Å². The highest BCUT2D eigenvalue weighted by Crippen LogP contribution is 2.34. The highest BCUT2D eigenvalue weighted by Gasteiger charge is 2.32. The SMILES string of the molecule is CCC1CCC(O)(CNc2nccc(C)c2Br)CC1. The molecule has 106 valence electrons. The molecule has 2 N–H and O–H groups in total. The van der Waals surface area contributed by atoms with Gasteiger partial charge in [0.25, 0.3) is 0 Å². The van der Waals surface area contributed by atoms with Gasteiger partial charge in [-0.15, -0.1) is 0 Å². The van der Waals surface area contributed by atoms with Gasteiger partial charge in [0.2, 0.25) is 0 Å². The van der Waals surface area contributed by atoms with E-state index in [1.165, 1.54) is 6.42 Å². The number of aliphatic hydroxyl groups is 1. The van der Waals surface area contributed by atoms with E-state index in [9.17, 15) is 5.11 Å². The molecule has 1 heterocycles. The van der Waals surface area contributed by atoms with Crippen LogP contribution in [0.15, 0.2) is 16.7 Å². The van der Waals surface area contributed by atoms with Crippen LogP contribution in [0.3, 0.4) is 0 Å². The molecule has 1 aliphatic carbocycles. The topological polar surface area (TPSA) is 45.1 Å². The van der Waals surface area contributed by atoms with Crippen molar-refractivity contribution in [3.63, 3.8) is 0 Å². The Kier molecular flexibility index (Phi) is 4.85. The predicted octanol–water partition coefficient (Wildman–Crippen LogP) is 3.90. The van der Waals surface area contributed by atoms with E-state index in [1.807, 2.05) is 13.0 Å². The van der Waals surface area contributed by atoms with E-state index in [0.717, 1.165) is 47.5 Å². The Morgan fingerprint density at radius 3 is 2.79 bits per heavy atom. The fourth-order valence-corrected chi connectivity index (χ4v) is 3.09. The third-order valence-electron chi connectivity index (χ3n) is 4.28. The van der Waals surface area contributed by atoms with Gasteiger partial charge < -0.3 is 10.4 Å². The van der Waals surface area contributed by atoms with Crippen LogP contribution in [0.2, 0.25) is 0 Å². The summed E-state index contributed by atoms with van der Waals surface area (Å²) in [6, 6.07) is 1.97. The van der Waals surface area contributed by atoms with Gasteiger partial charge in [-0.3, -0.25) is 0 Å². The summed E-state index contributed by atoms with van der Waals surface area (Å²) < 4.78 is 0.987. The van der Waals surface area contributed by atoms with Crippen LogP contribution in [0.5, 0.6) is 0 Å². The molecule has 0 aromatic carbocycles. The molecule has 1 saturated carbocycles. The molecule has 0 atom stereocenters. The van der Waals surface area contributed by atoms with Crippen molar-refractivity contribution in [2.45, 2.75) is 51.6 Å². The summed E-state index contributed by atoms with van der Waals surface area (Å²) in [6.45, 7) is 4.86. The zero-order valence-corrected chi connectivity index (χ0v) is 13.3. The van der Waals surface area contributed by atoms with E-state index in [-0.39, 0.29) is 0 Å². The first kappa shape index (κ1) is 14.8. The van der Waals surface area contributed by atoms with Crippen LogP contribution in [0.1, 0.15) is 44.6 Å². The number of rotatable bonds is 4. The maximum absolute atomic E-state index is 10.6. The highest BCUT2D eigenvalue weighted by molar-refractivity contribution is 9.10. The van der Waals surface area contributed by atoms with Crippen molar-refractivity contribution in [3.05, 3.63) is 22.3 Å². The van der Waals surface area contributed by atoms with Crippen LogP contribution in [0, 0.1) is 12.8 Å². The smallest absolute Gasteiger partial charge is 0.140 e. The summed E-state index contributed by atoms with van der Waals surface area (Å²) in [5.74, 6) is 1.62. The van der Waals surface area contributed by atoms with Crippen molar-refractivity contribution < 1.29 is 5.11 Å². The third kappa shape index (κ3) is 3.69. The minimum Gasteiger partial charge on any atom is -0.388 e. The van der Waals surface area contributed by atoms with Gasteiger partial charge in [-0.05, 0) is 66.1 Å². The van der Waals surface area contributed by atoms with Gasteiger partial charge >= 0.3 is 0 Å². The van der Waals surface area contributed by atoms with Gasteiger partial charge in [0, 0.05) is 12.7 Å². The number of pyridine rings is 1. The summed E-state index contributed by atoms with van der Waals surface area (Å²) in [6.07, 6.45) is 7.08. The molecule has 4 heteroatoms. The van der Waals surface area contributed by atoms with Crippen molar-refractivity contribution in [2.75, 3.05) is 11.9 Å². The number of anilines is 1. The first-order chi connectivity index (χ1) is 9.04. The number of aromatic nitrogens is 1. The van der Waals surface area contributed by atoms with Gasteiger partial charge in [-0.1, -0.05) is 13.3 Å². The lowest BCUT2D eigenvalue weighted by Gasteiger charge is -2.36. The van der Waals surface area contributed by atoms with E-state index in [2.05, 4.69) is 33.2 Å². The van der Waals surface area contributed by atoms with Crippen molar-refractivity contribution in [2.24, 2.45) is 5.92 Å². The fraction of sp³-hybridized carbons (Fsp3) is 0.667. The Labute approximate surface area is 124 Å². The fourth-order valence-electron chi connectivity index (χ4n) is 2.71. The van der Waals surface area contributed by atoms with Crippen LogP contribution in [-0.4, -0.2) is 22.2 Å². The maximum Gasteiger partial charge on any atom is 0.140 e. The number of hydrogen-bond donors (Lipinski definition) is 2. The molecule has 1 aliphatic rings. The van der Waals surface area contributed by atoms with Crippen LogP contribution >= 0.6 is 15.9 Å². The Morgan fingerprint density at radius 1 is 1.47 bits per heavy atom. The van der Waals surface area contributed by atoms with Crippen molar-refractivity contribution in [1.82, 2.24) is 4.98 Å². The molecule has 0 spiro atoms. The monoisotopic (exact) mass is 326 g/mol. The molecule has 1 fully saturated rings. The van der Waals surface area contributed by atoms with Crippen molar-refractivity contribution >= 4 is 21.7 Å². The molecule has 19 heavy (non-hydrogen) atoms. The summed E-state index contributed by atoms with van der Waals surface area (Å²) in [5, 5.41) is 13.9. The van der Waals surface area contributed by atoms with Crippen LogP contribution < -0.4 is 5.32 Å². The predicted molar refractivity (Wildman–Crippen MR) is 82.4 cm³/mol. The van der Waals surface area contributed by atoms with Gasteiger partial charge in [-0.2, -0.15) is 0 Å². The number of nitrogens with zero attached hydrogens (tertiary/aromatic N) is 1. The molecule has 0 radical (unpaired) electrons. The molecule has 0 unspecified atom stereocenters. The van der Waals surface area contributed by atoms with Crippen LogP contribution in [0.25, 0.3) is 0 Å². The van der Waals surface area contributed by atoms with E-state index >= 15 is 0 Å². The summed E-state index contributed by atoms with van der Waals surface area (Å²) in [5.41, 5.74) is 0.579. The summed E-state index contributed by atoms with van der Waals surface area (Å²) in [4.78, 5) is 4.32. The Hall–Kier alpha value is -0.610. The van der Waals surface area contributed by atoms with E-state index in [4.69, 9.17) is 0 Å². The third-order valence-corrected chi connectivity index (χ3v) is 5.28. The summed E-state index contributed by atoms with van der Waals surface area (Å²) in [7, 11) is 0. The normalized spacial score (nSPS) is 27.3. The minimum atomic E-state index is -0.573. The molecule has 0 bridgehead atoms. The van der Waals surface area contributed by atoms with E-state index in [0.29, 0.717) is 6.54 Å². The molecule has 0 amide bonds. The largest absolute Gasteiger partial charge is 0.388 e. The molecule has 3 nitrogen and oxygen atoms in total. The molecule has 0 aliphatic heterocycles.